The smallest absolute Gasteiger partial charge is 0.136 e. The first-order valence-electron chi connectivity index (χ1n) is 13.1. The van der Waals surface area contributed by atoms with Crippen LogP contribution in [0.5, 0.6) is 0 Å². The van der Waals surface area contributed by atoms with E-state index in [1.54, 1.807) is 20.8 Å². The van der Waals surface area contributed by atoms with Crippen molar-refractivity contribution in [1.82, 2.24) is 0 Å². The molecule has 0 heterocycles. The van der Waals surface area contributed by atoms with Crippen LogP contribution in [0.3, 0.4) is 0 Å². The lowest BCUT2D eigenvalue weighted by Crippen LogP contribution is -2.60. The van der Waals surface area contributed by atoms with Crippen LogP contribution in [0.1, 0.15) is 92.4 Å². The Morgan fingerprint density at radius 2 is 1.64 bits per heavy atom. The molecule has 3 unspecified atom stereocenters. The zero-order chi connectivity index (χ0) is 24.6. The van der Waals surface area contributed by atoms with Gasteiger partial charge in [0.05, 0.1) is 29.5 Å². The molecule has 5 N–H and O–H groups in total. The van der Waals surface area contributed by atoms with Crippen LogP contribution in [0.2, 0.25) is 0 Å². The van der Waals surface area contributed by atoms with Gasteiger partial charge >= 0.3 is 0 Å². The first-order chi connectivity index (χ1) is 15.1. The lowest BCUT2D eigenvalue weighted by atomic mass is 9.43. The number of fused-ring (bicyclic) bond motifs is 5. The first kappa shape index (κ1) is 25.6. The fourth-order valence-electron chi connectivity index (χ4n) is 9.05. The summed E-state index contributed by atoms with van der Waals surface area (Å²) in [7, 11) is 0. The topological polar surface area (TPSA) is 118 Å². The minimum absolute atomic E-state index is 0.0628. The Bertz CT molecular complexity index is 758. The second-order valence-electron chi connectivity index (χ2n) is 13.4. The van der Waals surface area contributed by atoms with E-state index in [0.717, 1.165) is 25.7 Å². The molecule has 0 radical (unpaired) electrons. The predicted octanol–water partition coefficient (Wildman–Crippen LogP) is 2.82. The van der Waals surface area contributed by atoms with Crippen molar-refractivity contribution in [2.75, 3.05) is 0 Å². The van der Waals surface area contributed by atoms with Crippen LogP contribution in [-0.2, 0) is 4.79 Å². The highest BCUT2D eigenvalue weighted by Gasteiger charge is 2.65. The van der Waals surface area contributed by atoms with Gasteiger partial charge in [-0.1, -0.05) is 13.8 Å². The summed E-state index contributed by atoms with van der Waals surface area (Å²) < 4.78 is 0. The van der Waals surface area contributed by atoms with E-state index in [0.29, 0.717) is 43.9 Å². The van der Waals surface area contributed by atoms with Crippen molar-refractivity contribution < 1.29 is 30.3 Å². The maximum Gasteiger partial charge on any atom is 0.136 e. The van der Waals surface area contributed by atoms with E-state index >= 15 is 0 Å². The molecule has 4 fully saturated rings. The van der Waals surface area contributed by atoms with Crippen LogP contribution < -0.4 is 0 Å². The summed E-state index contributed by atoms with van der Waals surface area (Å²) in [5.74, 6) is 0.866. The fourth-order valence-corrected chi connectivity index (χ4v) is 9.05. The Kier molecular flexibility index (Phi) is 6.40. The molecular weight excluding hydrogens is 420 g/mol. The molecule has 0 aliphatic heterocycles. The number of rotatable bonds is 5. The molecule has 0 amide bonds. The summed E-state index contributed by atoms with van der Waals surface area (Å²) in [6.07, 6.45) is 3.31. The summed E-state index contributed by atoms with van der Waals surface area (Å²) in [4.78, 5) is 13.3. The third-order valence-electron chi connectivity index (χ3n) is 10.9. The lowest BCUT2D eigenvalue weighted by molar-refractivity contribution is -0.183. The largest absolute Gasteiger partial charge is 0.390 e. The quantitative estimate of drug-likeness (QED) is 0.425. The van der Waals surface area contributed by atoms with Crippen molar-refractivity contribution in [3.63, 3.8) is 0 Å². The lowest BCUT2D eigenvalue weighted by Gasteiger charge is -2.61. The molecule has 0 saturated heterocycles. The van der Waals surface area contributed by atoms with Gasteiger partial charge in [0.25, 0.3) is 0 Å². The van der Waals surface area contributed by atoms with Crippen LogP contribution in [0.4, 0.5) is 0 Å². The van der Waals surface area contributed by atoms with Crippen molar-refractivity contribution in [3.8, 4) is 0 Å². The minimum atomic E-state index is -1.25. The number of ketones is 1. The highest BCUT2D eigenvalue weighted by Crippen LogP contribution is 2.68. The van der Waals surface area contributed by atoms with Crippen molar-refractivity contribution in [1.29, 1.82) is 0 Å². The van der Waals surface area contributed by atoms with Crippen LogP contribution in [-0.4, -0.2) is 60.8 Å². The van der Waals surface area contributed by atoms with Gasteiger partial charge in [-0.3, -0.25) is 4.79 Å². The van der Waals surface area contributed by atoms with E-state index in [1.165, 1.54) is 0 Å². The second kappa shape index (κ2) is 8.26. The van der Waals surface area contributed by atoms with Crippen LogP contribution in [0, 0.1) is 40.4 Å². The van der Waals surface area contributed by atoms with Gasteiger partial charge in [0.1, 0.15) is 5.78 Å². The molecule has 190 valence electrons. The summed E-state index contributed by atoms with van der Waals surface area (Å²) >= 11 is 0. The third kappa shape index (κ3) is 4.12. The zero-order valence-corrected chi connectivity index (χ0v) is 21.1. The van der Waals surface area contributed by atoms with Crippen molar-refractivity contribution in [2.45, 2.75) is 122 Å². The molecule has 0 aromatic carbocycles. The predicted molar refractivity (Wildman–Crippen MR) is 125 cm³/mol. The van der Waals surface area contributed by atoms with Crippen LogP contribution in [0.25, 0.3) is 0 Å². The summed E-state index contributed by atoms with van der Waals surface area (Å²) in [5, 5.41) is 53.3. The molecule has 11 atom stereocenters. The van der Waals surface area contributed by atoms with E-state index in [1.807, 2.05) is 0 Å². The summed E-state index contributed by atoms with van der Waals surface area (Å²) in [5.41, 5.74) is -2.58. The maximum atomic E-state index is 13.3. The molecule has 6 nitrogen and oxygen atoms in total. The average Bonchev–Trinajstić information content (AvgIpc) is 3.06. The standard InChI is InChI=1S/C27H46O6/c1-24(2,32)10-9-23(31)27(5,33)22-7-6-16-15-12-19(28)18-13-20(29)21(30)14-26(18,4)17(15)8-11-25(16,22)3/h15-18,20-23,29-33H,6-14H2,1-5H3/t15?,16-,17?,18-,20+,21-,22+,23+,25+,26+,27?/m0/s1. The fraction of sp³-hybridized carbons (Fsp3) is 0.963. The summed E-state index contributed by atoms with van der Waals surface area (Å²) in [6, 6.07) is 0. The Morgan fingerprint density at radius 1 is 1.00 bits per heavy atom. The van der Waals surface area contributed by atoms with E-state index < -0.39 is 29.5 Å². The molecule has 33 heavy (non-hydrogen) atoms. The van der Waals surface area contributed by atoms with Gasteiger partial charge in [-0.05, 0) is 107 Å². The number of aliphatic hydroxyl groups is 5. The van der Waals surface area contributed by atoms with Crippen LogP contribution >= 0.6 is 0 Å². The Hall–Kier alpha value is -0.530. The molecule has 0 spiro atoms. The molecule has 0 aromatic heterocycles. The highest BCUT2D eigenvalue weighted by atomic mass is 16.3. The van der Waals surface area contributed by atoms with Crippen molar-refractivity contribution in [3.05, 3.63) is 0 Å². The van der Waals surface area contributed by atoms with E-state index in [-0.39, 0.29) is 34.4 Å². The molecule has 4 aliphatic rings. The number of carbonyl (C=O) groups excluding carboxylic acids is 1. The number of aliphatic hydroxyl groups excluding tert-OH is 3. The Labute approximate surface area is 198 Å². The third-order valence-corrected chi connectivity index (χ3v) is 10.9. The summed E-state index contributed by atoms with van der Waals surface area (Å²) in [6.45, 7) is 9.61. The van der Waals surface area contributed by atoms with Crippen molar-refractivity contribution in [2.24, 2.45) is 40.4 Å². The first-order valence-corrected chi connectivity index (χ1v) is 13.1. The number of hydrogen-bond donors (Lipinski definition) is 5. The molecule has 0 bridgehead atoms. The molecule has 4 rings (SSSR count). The Balaban J connectivity index is 1.57. The van der Waals surface area contributed by atoms with Gasteiger partial charge in [0.15, 0.2) is 0 Å². The number of carbonyl (C=O) groups is 1. The normalized spacial score (nSPS) is 48.4. The molecule has 4 saturated carbocycles. The molecule has 6 heteroatoms. The van der Waals surface area contributed by atoms with Crippen molar-refractivity contribution >= 4 is 5.78 Å². The minimum Gasteiger partial charge on any atom is -0.390 e. The maximum absolute atomic E-state index is 13.3. The monoisotopic (exact) mass is 466 g/mol. The Morgan fingerprint density at radius 3 is 2.27 bits per heavy atom. The van der Waals surface area contributed by atoms with E-state index in [4.69, 9.17) is 0 Å². The van der Waals surface area contributed by atoms with Gasteiger partial charge in [-0.25, -0.2) is 0 Å². The SMILES string of the molecule is CC(C)(O)CC[C@@H](O)C(C)(O)[C@@H]1CC[C@H]2C3CC(=O)[C@@H]4C[C@@H](O)[C@@H](O)C[C@]4(C)C3CC[C@]21C. The molecule has 4 aliphatic carbocycles. The van der Waals surface area contributed by atoms with E-state index in [2.05, 4.69) is 13.8 Å². The molecule has 0 aromatic rings. The average molecular weight is 467 g/mol. The van der Waals surface area contributed by atoms with Gasteiger partial charge in [0, 0.05) is 12.3 Å². The zero-order valence-electron chi connectivity index (χ0n) is 21.1. The van der Waals surface area contributed by atoms with Gasteiger partial charge in [0.2, 0.25) is 0 Å². The number of Topliss-reactive ketones (excluding diaryl/α,β-unsaturated/α-hetero) is 1. The van der Waals surface area contributed by atoms with Crippen LogP contribution in [0.15, 0.2) is 0 Å². The number of hydrogen-bond acceptors (Lipinski definition) is 6. The second-order valence-corrected chi connectivity index (χ2v) is 13.4. The van der Waals surface area contributed by atoms with Gasteiger partial charge < -0.3 is 25.5 Å². The molecular formula is C27H46O6. The van der Waals surface area contributed by atoms with E-state index in [9.17, 15) is 30.3 Å². The van der Waals surface area contributed by atoms with Gasteiger partial charge in [-0.15, -0.1) is 0 Å². The highest BCUT2D eigenvalue weighted by molar-refractivity contribution is 5.83. The van der Waals surface area contributed by atoms with Gasteiger partial charge in [-0.2, -0.15) is 0 Å².